The van der Waals surface area contributed by atoms with Crippen LogP contribution in [-0.4, -0.2) is 39.5 Å². The van der Waals surface area contributed by atoms with Gasteiger partial charge in [0.25, 0.3) is 5.91 Å². The molecule has 1 saturated heterocycles. The molecule has 0 radical (unpaired) electrons. The number of aromatic nitrogens is 3. The van der Waals surface area contributed by atoms with Crippen LogP contribution in [0.25, 0.3) is 10.6 Å². The van der Waals surface area contributed by atoms with Gasteiger partial charge >= 0.3 is 0 Å². The molecule has 3 heterocycles. The highest BCUT2D eigenvalue weighted by molar-refractivity contribution is 7.19. The zero-order chi connectivity index (χ0) is 23.9. The fourth-order valence-electron chi connectivity index (χ4n) is 3.59. The Kier molecular flexibility index (Phi) is 6.36. The molecule has 1 aliphatic rings. The molecule has 1 amide bonds. The summed E-state index contributed by atoms with van der Waals surface area (Å²) in [5.74, 6) is -4.50. The standard InChI is InChI=1S/C20H20F4N6O2S/c1-30-17(13-5-4-11(25)10(23)7-32-13)12(6-27-30)28-19(31)16-18(26)33-20(29-16)14-8(21)2-3-9(22)15(14)24/h2-3,6,10-11,13H,4-5,7,25-26H2,1H3,(H,28,31). The number of nitrogens with two attached hydrogens (primary N) is 2. The molecule has 33 heavy (non-hydrogen) atoms. The van der Waals surface area contributed by atoms with Gasteiger partial charge in [-0.2, -0.15) is 5.10 Å². The third-order valence-corrected chi connectivity index (χ3v) is 6.25. The van der Waals surface area contributed by atoms with Crippen molar-refractivity contribution in [3.8, 4) is 10.6 Å². The molecule has 0 saturated carbocycles. The van der Waals surface area contributed by atoms with Crippen LogP contribution in [-0.2, 0) is 11.8 Å². The summed E-state index contributed by atoms with van der Waals surface area (Å²) in [6, 6.07) is 0.752. The predicted octanol–water partition coefficient (Wildman–Crippen LogP) is 3.31. The Morgan fingerprint density at radius 3 is 2.76 bits per heavy atom. The van der Waals surface area contributed by atoms with Crippen LogP contribution in [0, 0.1) is 17.5 Å². The number of nitrogens with zero attached hydrogens (tertiary/aromatic N) is 3. The number of halogens is 4. The smallest absolute Gasteiger partial charge is 0.277 e. The van der Waals surface area contributed by atoms with Gasteiger partial charge in [-0.05, 0) is 25.0 Å². The Balaban J connectivity index is 1.60. The summed E-state index contributed by atoms with van der Waals surface area (Å²) in [4.78, 5) is 16.8. The lowest BCUT2D eigenvalue weighted by molar-refractivity contribution is 0.0247. The number of thiazole rings is 1. The minimum Gasteiger partial charge on any atom is -0.389 e. The topological polar surface area (TPSA) is 121 Å². The molecule has 8 nitrogen and oxygen atoms in total. The van der Waals surface area contributed by atoms with E-state index >= 15 is 0 Å². The first-order valence-corrected chi connectivity index (χ1v) is 10.7. The van der Waals surface area contributed by atoms with Crippen LogP contribution in [0.2, 0.25) is 0 Å². The van der Waals surface area contributed by atoms with E-state index in [1.54, 1.807) is 7.05 Å². The summed E-state index contributed by atoms with van der Waals surface area (Å²) in [6.45, 7) is -0.197. The molecular weight excluding hydrogens is 464 g/mol. The first-order chi connectivity index (χ1) is 15.7. The number of nitrogens with one attached hydrogen (secondary N) is 1. The second kappa shape index (κ2) is 9.08. The molecule has 3 aromatic rings. The van der Waals surface area contributed by atoms with E-state index < -0.39 is 47.2 Å². The van der Waals surface area contributed by atoms with Gasteiger partial charge in [0.1, 0.15) is 28.1 Å². The molecule has 0 bridgehead atoms. The number of anilines is 2. The normalized spacial score (nSPS) is 21.1. The highest BCUT2D eigenvalue weighted by atomic mass is 32.1. The van der Waals surface area contributed by atoms with E-state index in [4.69, 9.17) is 16.2 Å². The van der Waals surface area contributed by atoms with E-state index in [0.29, 0.717) is 35.9 Å². The molecule has 1 aromatic carbocycles. The third kappa shape index (κ3) is 4.43. The Morgan fingerprint density at radius 2 is 2.00 bits per heavy atom. The Hall–Kier alpha value is -3.03. The summed E-state index contributed by atoms with van der Waals surface area (Å²) in [5.41, 5.74) is 11.4. The zero-order valence-electron chi connectivity index (χ0n) is 17.3. The van der Waals surface area contributed by atoms with Crippen molar-refractivity contribution in [2.75, 3.05) is 17.7 Å². The van der Waals surface area contributed by atoms with E-state index in [9.17, 15) is 22.4 Å². The van der Waals surface area contributed by atoms with Crippen molar-refractivity contribution in [3.63, 3.8) is 0 Å². The maximum absolute atomic E-state index is 14.1. The number of rotatable bonds is 4. The van der Waals surface area contributed by atoms with E-state index in [1.165, 1.54) is 10.9 Å². The number of benzene rings is 1. The molecule has 2 aromatic heterocycles. The van der Waals surface area contributed by atoms with Crippen molar-refractivity contribution in [1.82, 2.24) is 14.8 Å². The van der Waals surface area contributed by atoms with Crippen LogP contribution < -0.4 is 16.8 Å². The molecule has 1 aliphatic heterocycles. The number of alkyl halides is 1. The van der Waals surface area contributed by atoms with Crippen LogP contribution in [0.4, 0.5) is 28.3 Å². The van der Waals surface area contributed by atoms with Crippen molar-refractivity contribution < 1.29 is 27.1 Å². The summed E-state index contributed by atoms with van der Waals surface area (Å²) in [5, 5.41) is 6.33. The van der Waals surface area contributed by atoms with Crippen molar-refractivity contribution in [3.05, 3.63) is 47.2 Å². The summed E-state index contributed by atoms with van der Waals surface area (Å²) in [6.07, 6.45) is 0.281. The van der Waals surface area contributed by atoms with Gasteiger partial charge in [-0.15, -0.1) is 0 Å². The van der Waals surface area contributed by atoms with Crippen molar-refractivity contribution in [2.24, 2.45) is 12.8 Å². The fourth-order valence-corrected chi connectivity index (χ4v) is 4.46. The maximum Gasteiger partial charge on any atom is 0.277 e. The Labute approximate surface area is 189 Å². The first-order valence-electron chi connectivity index (χ1n) is 9.92. The van der Waals surface area contributed by atoms with Crippen molar-refractivity contribution in [2.45, 2.75) is 31.2 Å². The molecule has 3 atom stereocenters. The van der Waals surface area contributed by atoms with Crippen molar-refractivity contribution >= 4 is 27.9 Å². The number of carbonyl (C=O) groups is 1. The fraction of sp³-hybridized carbons (Fsp3) is 0.350. The number of ether oxygens (including phenoxy) is 1. The molecule has 4 rings (SSSR count). The van der Waals surface area contributed by atoms with Gasteiger partial charge in [0.2, 0.25) is 0 Å². The van der Waals surface area contributed by atoms with E-state index in [1.807, 2.05) is 0 Å². The SMILES string of the molecule is Cn1ncc(NC(=O)c2nc(-c3c(F)ccc(F)c3F)sc2N)c1C1CCC(N)C(F)CO1. The Morgan fingerprint density at radius 1 is 1.27 bits per heavy atom. The molecule has 176 valence electrons. The lowest BCUT2D eigenvalue weighted by Crippen LogP contribution is -2.32. The highest BCUT2D eigenvalue weighted by Crippen LogP contribution is 2.36. The van der Waals surface area contributed by atoms with Crippen LogP contribution in [0.1, 0.15) is 35.1 Å². The van der Waals surface area contributed by atoms with Gasteiger partial charge in [-0.25, -0.2) is 22.5 Å². The molecule has 3 unspecified atom stereocenters. The van der Waals surface area contributed by atoms with Gasteiger partial charge in [-0.3, -0.25) is 9.48 Å². The predicted molar refractivity (Wildman–Crippen MR) is 114 cm³/mol. The monoisotopic (exact) mass is 484 g/mol. The van der Waals surface area contributed by atoms with Gasteiger partial charge in [0.05, 0.1) is 29.7 Å². The van der Waals surface area contributed by atoms with Crippen LogP contribution in [0.15, 0.2) is 18.3 Å². The van der Waals surface area contributed by atoms with Crippen LogP contribution in [0.5, 0.6) is 0 Å². The second-order valence-corrected chi connectivity index (χ2v) is 8.58. The number of amides is 1. The van der Waals surface area contributed by atoms with E-state index in [0.717, 1.165) is 6.07 Å². The zero-order valence-corrected chi connectivity index (χ0v) is 18.1. The number of hydrogen-bond acceptors (Lipinski definition) is 7. The third-order valence-electron chi connectivity index (χ3n) is 5.35. The molecule has 13 heteroatoms. The highest BCUT2D eigenvalue weighted by Gasteiger charge is 2.30. The molecular formula is C20H20F4N6O2S. The number of carbonyl (C=O) groups excluding carboxylic acids is 1. The minimum atomic E-state index is -1.43. The molecule has 1 fully saturated rings. The lowest BCUT2D eigenvalue weighted by atomic mass is 10.0. The summed E-state index contributed by atoms with van der Waals surface area (Å²) >= 11 is 0.642. The maximum atomic E-state index is 14.1. The average molecular weight is 484 g/mol. The van der Waals surface area contributed by atoms with E-state index in [2.05, 4.69) is 15.4 Å². The summed E-state index contributed by atoms with van der Waals surface area (Å²) < 4.78 is 62.9. The summed E-state index contributed by atoms with van der Waals surface area (Å²) in [7, 11) is 1.64. The average Bonchev–Trinajstić information content (AvgIpc) is 3.28. The lowest BCUT2D eigenvalue weighted by Gasteiger charge is -2.17. The van der Waals surface area contributed by atoms with Gasteiger partial charge < -0.3 is 21.5 Å². The first kappa shape index (κ1) is 23.1. The Bertz CT molecular complexity index is 1190. The van der Waals surface area contributed by atoms with Gasteiger partial charge in [-0.1, -0.05) is 11.3 Å². The van der Waals surface area contributed by atoms with Crippen LogP contribution >= 0.6 is 11.3 Å². The van der Waals surface area contributed by atoms with Crippen LogP contribution in [0.3, 0.4) is 0 Å². The minimum absolute atomic E-state index is 0.118. The van der Waals surface area contributed by atoms with Gasteiger partial charge in [0.15, 0.2) is 17.3 Å². The quantitative estimate of drug-likeness (QED) is 0.386. The molecule has 0 aliphatic carbocycles. The number of nitrogen functional groups attached to an aromatic ring is 1. The number of hydrogen-bond donors (Lipinski definition) is 3. The molecule has 0 spiro atoms. The second-order valence-electron chi connectivity index (χ2n) is 7.55. The van der Waals surface area contributed by atoms with Crippen molar-refractivity contribution in [1.29, 1.82) is 0 Å². The molecule has 5 N–H and O–H groups in total. The largest absolute Gasteiger partial charge is 0.389 e. The van der Waals surface area contributed by atoms with Gasteiger partial charge in [0, 0.05) is 13.1 Å². The number of aryl methyl sites for hydroxylation is 1. The van der Waals surface area contributed by atoms with E-state index in [-0.39, 0.29) is 28.0 Å².